The summed E-state index contributed by atoms with van der Waals surface area (Å²) in [5.74, 6) is 0. The van der Waals surface area contributed by atoms with E-state index >= 15 is 0 Å². The second kappa shape index (κ2) is 8.50. The zero-order valence-corrected chi connectivity index (χ0v) is 21.5. The van der Waals surface area contributed by atoms with Crippen molar-refractivity contribution in [2.24, 2.45) is 0 Å². The molecular weight excluding hydrogens is 484 g/mol. The van der Waals surface area contributed by atoms with Gasteiger partial charge < -0.3 is 19.8 Å². The summed E-state index contributed by atoms with van der Waals surface area (Å²) in [6.07, 6.45) is 12.6. The molecule has 0 aromatic carbocycles. The smallest absolute Gasteiger partial charge is 0.108 e. The zero-order valence-electron chi connectivity index (χ0n) is 19.8. The Labute approximate surface area is 217 Å². The molecule has 0 amide bonds. The molecule has 4 aliphatic heterocycles. The number of nitrogens with one attached hydrogen (secondary N) is 2. The lowest BCUT2D eigenvalue weighted by Crippen LogP contribution is -2.13. The van der Waals surface area contributed by atoms with Crippen LogP contribution in [0.1, 0.15) is 44.7 Å². The van der Waals surface area contributed by atoms with Crippen LogP contribution in [0.4, 0.5) is 0 Å². The molecule has 178 valence electrons. The van der Waals surface area contributed by atoms with E-state index in [2.05, 4.69) is 118 Å². The van der Waals surface area contributed by atoms with E-state index in [9.17, 15) is 0 Å². The molecule has 7 heterocycles. The Morgan fingerprint density at radius 1 is 0.667 bits per heavy atom. The van der Waals surface area contributed by atoms with Crippen LogP contribution in [-0.4, -0.2) is 43.8 Å². The third-order valence-electron chi connectivity index (χ3n) is 6.72. The molecule has 7 rings (SSSR count). The van der Waals surface area contributed by atoms with Gasteiger partial charge in [-0.2, -0.15) is 0 Å². The van der Waals surface area contributed by atoms with Gasteiger partial charge in [0, 0.05) is 59.7 Å². The van der Waals surface area contributed by atoms with E-state index in [0.717, 1.165) is 44.8 Å². The fourth-order valence-electron chi connectivity index (χ4n) is 4.94. The van der Waals surface area contributed by atoms with Crippen LogP contribution in [0.2, 0.25) is 0 Å². The molecular formula is C28H24N6S2. The largest absolute Gasteiger partial charge is 0.364 e. The summed E-state index contributed by atoms with van der Waals surface area (Å²) in [7, 11) is 4.22. The number of thioether (sulfide) groups is 2. The van der Waals surface area contributed by atoms with Crippen LogP contribution in [0.3, 0.4) is 0 Å². The molecule has 0 aliphatic carbocycles. The monoisotopic (exact) mass is 508 g/mol. The molecule has 8 heteroatoms. The molecule has 3 aromatic heterocycles. The van der Waals surface area contributed by atoms with E-state index in [1.165, 1.54) is 11.1 Å². The first-order valence-corrected chi connectivity index (χ1v) is 13.7. The molecule has 0 saturated carbocycles. The van der Waals surface area contributed by atoms with E-state index < -0.39 is 0 Å². The van der Waals surface area contributed by atoms with Crippen molar-refractivity contribution in [1.82, 2.24) is 29.7 Å². The normalized spacial score (nSPS) is 20.3. The van der Waals surface area contributed by atoms with E-state index in [-0.39, 0.29) is 10.7 Å². The molecule has 2 N–H and O–H groups in total. The number of nitrogens with zero attached hydrogens (tertiary/aromatic N) is 4. The average molecular weight is 509 g/mol. The molecule has 3 aromatic rings. The molecule has 8 bridgehead atoms. The lowest BCUT2D eigenvalue weighted by molar-refractivity contribution is 0.449. The van der Waals surface area contributed by atoms with E-state index in [1.54, 1.807) is 23.5 Å². The van der Waals surface area contributed by atoms with Crippen LogP contribution in [0, 0.1) is 0 Å². The van der Waals surface area contributed by atoms with Crippen molar-refractivity contribution in [2.75, 3.05) is 14.1 Å². The number of hydrogen-bond donors (Lipinski definition) is 2. The topological polar surface area (TPSA) is 63.8 Å². The lowest BCUT2D eigenvalue weighted by atomic mass is 10.2. The van der Waals surface area contributed by atoms with Gasteiger partial charge in [0.2, 0.25) is 0 Å². The van der Waals surface area contributed by atoms with Gasteiger partial charge in [0.05, 0.1) is 22.8 Å². The molecule has 2 unspecified atom stereocenters. The molecule has 0 fully saturated rings. The molecule has 6 nitrogen and oxygen atoms in total. The van der Waals surface area contributed by atoms with E-state index in [4.69, 9.17) is 9.97 Å². The Balaban J connectivity index is 1.53. The van der Waals surface area contributed by atoms with Gasteiger partial charge in [-0.05, 0) is 71.5 Å². The Morgan fingerprint density at radius 2 is 1.17 bits per heavy atom. The summed E-state index contributed by atoms with van der Waals surface area (Å²) < 4.78 is 0. The zero-order chi connectivity index (χ0) is 24.2. The first-order valence-electron chi connectivity index (χ1n) is 11.8. The average Bonchev–Trinajstić information content (AvgIpc) is 3.68. The van der Waals surface area contributed by atoms with Gasteiger partial charge in [0.1, 0.15) is 10.7 Å². The van der Waals surface area contributed by atoms with Crippen LogP contribution in [0.15, 0.2) is 59.6 Å². The molecule has 4 aliphatic rings. The van der Waals surface area contributed by atoms with Crippen molar-refractivity contribution in [3.63, 3.8) is 0 Å². The predicted octanol–water partition coefficient (Wildman–Crippen LogP) is 6.95. The molecule has 0 saturated heterocycles. The minimum absolute atomic E-state index is 0.158. The maximum atomic E-state index is 5.02. The van der Waals surface area contributed by atoms with Crippen LogP contribution < -0.4 is 0 Å². The first kappa shape index (κ1) is 21.6. The van der Waals surface area contributed by atoms with E-state index in [0.29, 0.717) is 0 Å². The highest BCUT2D eigenvalue weighted by molar-refractivity contribution is 8.02. The van der Waals surface area contributed by atoms with Crippen molar-refractivity contribution < 1.29 is 0 Å². The van der Waals surface area contributed by atoms with Crippen molar-refractivity contribution in [3.05, 3.63) is 93.5 Å². The predicted molar refractivity (Wildman–Crippen MR) is 153 cm³/mol. The minimum atomic E-state index is 0.158. The number of H-pyrrole nitrogens is 2. The number of hydrogen-bond acceptors (Lipinski definition) is 6. The Kier molecular flexibility index (Phi) is 5.11. The quantitative estimate of drug-likeness (QED) is 0.269. The highest BCUT2D eigenvalue weighted by Crippen LogP contribution is 2.42. The SMILES string of the molecule is CN1C=CSC1c1c2nc(cc3nc(c(C4SC=CN4C)c4ccc(cc5ccc1[nH]5)[nH]4)C=C3)C=C2. The van der Waals surface area contributed by atoms with Gasteiger partial charge >= 0.3 is 0 Å². The number of rotatable bonds is 2. The van der Waals surface area contributed by atoms with E-state index in [1.807, 2.05) is 0 Å². The van der Waals surface area contributed by atoms with Gasteiger partial charge in [0.15, 0.2) is 0 Å². The number of aromatic amines is 2. The first-order chi connectivity index (χ1) is 17.6. The third-order valence-corrected chi connectivity index (χ3v) is 8.93. The van der Waals surface area contributed by atoms with Crippen LogP contribution >= 0.6 is 23.5 Å². The highest BCUT2D eigenvalue weighted by Gasteiger charge is 2.25. The standard InChI is InChI=1S/C28H24N6S2/c1-33-11-13-35-27(33)25-21-7-3-17(29-21)15-19-5-9-23(31-19)26(28-34(2)12-14-36-28)24-10-6-20(32-24)16-18-4-8-22(25)30-18/h3-16,27-29,31H,1-2H3. The van der Waals surface area contributed by atoms with Crippen LogP contribution in [-0.2, 0) is 0 Å². The third kappa shape index (κ3) is 3.68. The summed E-state index contributed by atoms with van der Waals surface area (Å²) in [5.41, 5.74) is 10.4. The van der Waals surface area contributed by atoms with Crippen molar-refractivity contribution in [1.29, 1.82) is 0 Å². The number of fused-ring (bicyclic) bond motifs is 8. The molecule has 0 radical (unpaired) electrons. The van der Waals surface area contributed by atoms with Gasteiger partial charge in [-0.25, -0.2) is 9.97 Å². The van der Waals surface area contributed by atoms with Crippen molar-refractivity contribution in [3.8, 4) is 0 Å². The summed E-state index contributed by atoms with van der Waals surface area (Å²) >= 11 is 3.59. The maximum absolute atomic E-state index is 5.02. The number of aromatic nitrogens is 4. The summed E-state index contributed by atoms with van der Waals surface area (Å²) in [6.45, 7) is 0. The second-order valence-corrected chi connectivity index (χ2v) is 11.1. The Morgan fingerprint density at radius 3 is 1.61 bits per heavy atom. The van der Waals surface area contributed by atoms with Crippen molar-refractivity contribution >= 4 is 69.9 Å². The fraction of sp³-hybridized carbons (Fsp3) is 0.143. The Hall–Kier alpha value is -3.62. The van der Waals surface area contributed by atoms with Gasteiger partial charge in [-0.1, -0.05) is 0 Å². The maximum Gasteiger partial charge on any atom is 0.108 e. The summed E-state index contributed by atoms with van der Waals surface area (Å²) in [4.78, 5) is 21.8. The van der Waals surface area contributed by atoms with Gasteiger partial charge in [0.25, 0.3) is 0 Å². The van der Waals surface area contributed by atoms with Crippen molar-refractivity contribution in [2.45, 2.75) is 10.7 Å². The second-order valence-electron chi connectivity index (χ2n) is 9.16. The summed E-state index contributed by atoms with van der Waals surface area (Å²) in [6, 6.07) is 12.8. The fourth-order valence-corrected chi connectivity index (χ4v) is 7.05. The van der Waals surface area contributed by atoms with Crippen LogP contribution in [0.5, 0.6) is 0 Å². The van der Waals surface area contributed by atoms with Gasteiger partial charge in [-0.15, -0.1) is 23.5 Å². The van der Waals surface area contributed by atoms with Gasteiger partial charge in [-0.3, -0.25) is 0 Å². The highest BCUT2D eigenvalue weighted by atomic mass is 32.2. The summed E-state index contributed by atoms with van der Waals surface area (Å²) in [5, 5.41) is 4.60. The minimum Gasteiger partial charge on any atom is -0.364 e. The molecule has 2 atom stereocenters. The Bertz CT molecular complexity index is 1540. The molecule has 0 spiro atoms. The lowest BCUT2D eigenvalue weighted by Gasteiger charge is -2.21. The van der Waals surface area contributed by atoms with Crippen LogP contribution in [0.25, 0.3) is 46.4 Å². The molecule has 36 heavy (non-hydrogen) atoms.